The van der Waals surface area contributed by atoms with Crippen molar-refractivity contribution < 1.29 is 18.7 Å². The topological polar surface area (TPSA) is 51.9 Å². The number of carbonyl (C=O) groups is 1. The molecule has 1 aromatic heterocycles. The number of hydrogen-bond acceptors (Lipinski definition) is 4. The molecule has 0 aliphatic carbocycles. The Hall–Kier alpha value is -3.21. The van der Waals surface area contributed by atoms with Crippen LogP contribution in [-0.2, 0) is 4.79 Å². The van der Waals surface area contributed by atoms with Gasteiger partial charge in [-0.05, 0) is 57.0 Å². The number of nitrogens with zero attached hydrogens (tertiary/aromatic N) is 1. The number of hydrogen-bond donors (Lipinski definition) is 0. The van der Waals surface area contributed by atoms with Gasteiger partial charge < -0.3 is 18.8 Å². The van der Waals surface area contributed by atoms with Gasteiger partial charge in [-0.3, -0.25) is 4.79 Å². The molecule has 0 fully saturated rings. The highest BCUT2D eigenvalue weighted by molar-refractivity contribution is 6.01. The third-order valence-electron chi connectivity index (χ3n) is 5.49. The molecule has 1 heterocycles. The summed E-state index contributed by atoms with van der Waals surface area (Å²) < 4.78 is 16.9. The summed E-state index contributed by atoms with van der Waals surface area (Å²) in [5, 5.41) is 0.983. The molecule has 0 atom stereocenters. The van der Waals surface area contributed by atoms with Gasteiger partial charge in [-0.2, -0.15) is 0 Å². The van der Waals surface area contributed by atoms with Crippen molar-refractivity contribution >= 4 is 22.4 Å². The maximum atomic E-state index is 12.6. The molecule has 0 spiro atoms. The SMILES string of the molecule is CCN(CC)C(=O)/C=C(\C)c1cc2c(-c3ccc(OC)cc3)coc2c(C)c1OC. The number of benzene rings is 2. The molecule has 5 heteroatoms. The van der Waals surface area contributed by atoms with Gasteiger partial charge >= 0.3 is 0 Å². The first-order valence-electron chi connectivity index (χ1n) is 10.2. The number of ether oxygens (including phenoxy) is 2. The second-order valence-corrected chi connectivity index (χ2v) is 7.17. The Morgan fingerprint density at radius 1 is 1.10 bits per heavy atom. The predicted molar refractivity (Wildman–Crippen MR) is 121 cm³/mol. The molecule has 3 aromatic rings. The van der Waals surface area contributed by atoms with Crippen LogP contribution in [0.4, 0.5) is 0 Å². The zero-order valence-electron chi connectivity index (χ0n) is 18.5. The largest absolute Gasteiger partial charge is 0.497 e. The smallest absolute Gasteiger partial charge is 0.246 e. The van der Waals surface area contributed by atoms with E-state index in [1.165, 1.54) is 0 Å². The standard InChI is InChI=1S/C25H29NO4/c1-7-26(8-2)23(27)13-16(3)20-14-21-22(18-9-11-19(28-5)12-10-18)15-30-25(21)17(4)24(20)29-6/h9-15H,7-8H2,1-6H3/b16-13+. The lowest BCUT2D eigenvalue weighted by Crippen LogP contribution is -2.28. The molecule has 0 bridgehead atoms. The molecule has 0 saturated heterocycles. The van der Waals surface area contributed by atoms with Crippen LogP contribution in [0.2, 0.25) is 0 Å². The van der Waals surface area contributed by atoms with Crippen molar-refractivity contribution in [3.63, 3.8) is 0 Å². The summed E-state index contributed by atoms with van der Waals surface area (Å²) in [4.78, 5) is 14.4. The highest BCUT2D eigenvalue weighted by Gasteiger charge is 2.19. The summed E-state index contributed by atoms with van der Waals surface area (Å²) in [5.74, 6) is 1.53. The highest BCUT2D eigenvalue weighted by Crippen LogP contribution is 2.40. The van der Waals surface area contributed by atoms with Crippen LogP contribution in [0.1, 0.15) is 31.9 Å². The average Bonchev–Trinajstić information content (AvgIpc) is 3.19. The number of carbonyl (C=O) groups excluding carboxylic acids is 1. The fourth-order valence-electron chi connectivity index (χ4n) is 3.76. The minimum atomic E-state index is -0.000116. The van der Waals surface area contributed by atoms with Crippen molar-refractivity contribution in [2.24, 2.45) is 0 Å². The van der Waals surface area contributed by atoms with E-state index in [4.69, 9.17) is 13.9 Å². The zero-order chi connectivity index (χ0) is 21.8. The molecule has 3 rings (SSSR count). The Balaban J connectivity index is 2.15. The second kappa shape index (κ2) is 9.08. The van der Waals surface area contributed by atoms with E-state index >= 15 is 0 Å². The lowest BCUT2D eigenvalue weighted by Gasteiger charge is -2.18. The van der Waals surface area contributed by atoms with Crippen LogP contribution in [0, 0.1) is 6.92 Å². The Morgan fingerprint density at radius 3 is 2.33 bits per heavy atom. The summed E-state index contributed by atoms with van der Waals surface area (Å²) in [6, 6.07) is 9.92. The van der Waals surface area contributed by atoms with Crippen LogP contribution in [0.15, 0.2) is 47.1 Å². The Kier molecular flexibility index (Phi) is 6.50. The molecule has 5 nitrogen and oxygen atoms in total. The van der Waals surface area contributed by atoms with E-state index < -0.39 is 0 Å². The fourth-order valence-corrected chi connectivity index (χ4v) is 3.76. The van der Waals surface area contributed by atoms with Gasteiger partial charge in [0.1, 0.15) is 17.1 Å². The van der Waals surface area contributed by atoms with E-state index in [1.54, 1.807) is 31.5 Å². The minimum absolute atomic E-state index is 0.000116. The number of likely N-dealkylation sites (N-methyl/N-ethyl adjacent to an activating group) is 1. The monoisotopic (exact) mass is 407 g/mol. The van der Waals surface area contributed by atoms with Gasteiger partial charge in [-0.25, -0.2) is 0 Å². The quantitative estimate of drug-likeness (QED) is 0.472. The molecular formula is C25H29NO4. The highest BCUT2D eigenvalue weighted by atomic mass is 16.5. The van der Waals surface area contributed by atoms with Crippen LogP contribution < -0.4 is 9.47 Å². The van der Waals surface area contributed by atoms with E-state index in [-0.39, 0.29) is 5.91 Å². The van der Waals surface area contributed by atoms with Gasteiger partial charge in [0.25, 0.3) is 0 Å². The number of furan rings is 1. The molecular weight excluding hydrogens is 378 g/mol. The molecule has 0 radical (unpaired) electrons. The summed E-state index contributed by atoms with van der Waals surface area (Å²) in [6.45, 7) is 9.24. The minimum Gasteiger partial charge on any atom is -0.497 e. The molecule has 0 aliphatic rings. The summed E-state index contributed by atoms with van der Waals surface area (Å²) in [7, 11) is 3.29. The van der Waals surface area contributed by atoms with Gasteiger partial charge in [0.15, 0.2) is 0 Å². The van der Waals surface area contributed by atoms with Crippen molar-refractivity contribution in [2.75, 3.05) is 27.3 Å². The van der Waals surface area contributed by atoms with Crippen molar-refractivity contribution in [3.05, 3.63) is 53.8 Å². The van der Waals surface area contributed by atoms with Crippen LogP contribution in [0.5, 0.6) is 11.5 Å². The van der Waals surface area contributed by atoms with Crippen molar-refractivity contribution in [2.45, 2.75) is 27.7 Å². The third-order valence-corrected chi connectivity index (χ3v) is 5.49. The van der Waals surface area contributed by atoms with E-state index in [0.29, 0.717) is 13.1 Å². The Labute approximate surface area is 177 Å². The van der Waals surface area contributed by atoms with Gasteiger partial charge in [-0.1, -0.05) is 12.1 Å². The first kappa shape index (κ1) is 21.5. The van der Waals surface area contributed by atoms with E-state index in [0.717, 1.165) is 50.3 Å². The van der Waals surface area contributed by atoms with Gasteiger partial charge in [0.2, 0.25) is 5.91 Å². The van der Waals surface area contributed by atoms with Crippen molar-refractivity contribution in [1.29, 1.82) is 0 Å². The van der Waals surface area contributed by atoms with Crippen LogP contribution in [0.25, 0.3) is 27.7 Å². The Morgan fingerprint density at radius 2 is 1.77 bits per heavy atom. The molecule has 2 aromatic carbocycles. The normalized spacial score (nSPS) is 11.6. The molecule has 0 aliphatic heterocycles. The summed E-state index contributed by atoms with van der Waals surface area (Å²) in [6.07, 6.45) is 3.45. The zero-order valence-corrected chi connectivity index (χ0v) is 18.5. The molecule has 0 unspecified atom stereocenters. The second-order valence-electron chi connectivity index (χ2n) is 7.17. The summed E-state index contributed by atoms with van der Waals surface area (Å²) in [5.41, 5.74) is 5.46. The van der Waals surface area contributed by atoms with E-state index in [9.17, 15) is 4.79 Å². The fraction of sp³-hybridized carbons (Fsp3) is 0.320. The van der Waals surface area contributed by atoms with Gasteiger partial charge in [0, 0.05) is 41.2 Å². The van der Waals surface area contributed by atoms with Crippen LogP contribution in [0.3, 0.4) is 0 Å². The van der Waals surface area contributed by atoms with Crippen molar-refractivity contribution in [1.82, 2.24) is 4.90 Å². The lowest BCUT2D eigenvalue weighted by atomic mass is 9.96. The maximum absolute atomic E-state index is 12.6. The number of amides is 1. The molecule has 0 N–H and O–H groups in total. The van der Waals surface area contributed by atoms with Crippen molar-refractivity contribution in [3.8, 4) is 22.6 Å². The van der Waals surface area contributed by atoms with E-state index in [2.05, 4.69) is 0 Å². The number of rotatable bonds is 7. The third kappa shape index (κ3) is 3.92. The lowest BCUT2D eigenvalue weighted by molar-refractivity contribution is -0.125. The molecule has 30 heavy (non-hydrogen) atoms. The van der Waals surface area contributed by atoms with E-state index in [1.807, 2.05) is 58.0 Å². The molecule has 158 valence electrons. The first-order valence-corrected chi connectivity index (χ1v) is 10.2. The number of fused-ring (bicyclic) bond motifs is 1. The predicted octanol–water partition coefficient (Wildman–Crippen LogP) is 5.70. The van der Waals surface area contributed by atoms with Crippen LogP contribution >= 0.6 is 0 Å². The molecule has 1 amide bonds. The van der Waals surface area contributed by atoms with Gasteiger partial charge in [0.05, 0.1) is 20.5 Å². The number of methoxy groups -OCH3 is 2. The maximum Gasteiger partial charge on any atom is 0.246 e. The Bertz CT molecular complexity index is 1070. The molecule has 0 saturated carbocycles. The first-order chi connectivity index (χ1) is 14.4. The van der Waals surface area contributed by atoms with Crippen LogP contribution in [-0.4, -0.2) is 38.1 Å². The van der Waals surface area contributed by atoms with Gasteiger partial charge in [-0.15, -0.1) is 0 Å². The summed E-state index contributed by atoms with van der Waals surface area (Å²) >= 11 is 0. The number of allylic oxidation sites excluding steroid dienone is 1. The average molecular weight is 408 g/mol. The number of aryl methyl sites for hydroxylation is 1.